The van der Waals surface area contributed by atoms with Crippen LogP contribution in [-0.4, -0.2) is 42.3 Å². The van der Waals surface area contributed by atoms with Crippen molar-refractivity contribution >= 4 is 29.2 Å². The molecule has 1 aromatic carbocycles. The van der Waals surface area contributed by atoms with Crippen molar-refractivity contribution in [2.45, 2.75) is 24.9 Å². The van der Waals surface area contributed by atoms with Gasteiger partial charge in [-0.05, 0) is 38.1 Å². The molecule has 21 heavy (non-hydrogen) atoms. The molecule has 1 aliphatic heterocycles. The third-order valence-electron chi connectivity index (χ3n) is 4.44. The molecule has 1 aromatic rings. The molecule has 0 aliphatic carbocycles. The molecule has 1 heterocycles. The first-order valence-corrected chi connectivity index (χ1v) is 7.48. The monoisotopic (exact) mass is 331 g/mol. The smallest absolute Gasteiger partial charge is 0.326 e. The van der Waals surface area contributed by atoms with Gasteiger partial charge in [0.15, 0.2) is 0 Å². The van der Waals surface area contributed by atoms with Crippen molar-refractivity contribution in [1.82, 2.24) is 4.90 Å². The Hall–Kier alpha value is -0.810. The number of likely N-dealkylation sites (tertiary alicyclic amines) is 1. The van der Waals surface area contributed by atoms with Gasteiger partial charge in [0.2, 0.25) is 0 Å². The van der Waals surface area contributed by atoms with Gasteiger partial charge in [-0.3, -0.25) is 9.69 Å². The van der Waals surface area contributed by atoms with Crippen LogP contribution in [0, 0.1) is 5.92 Å². The summed E-state index contributed by atoms with van der Waals surface area (Å²) in [6, 6.07) is 5.12. The number of esters is 1. The Morgan fingerprint density at radius 2 is 2.19 bits per heavy atom. The molecule has 4 nitrogen and oxygen atoms in total. The minimum atomic E-state index is -0.782. The van der Waals surface area contributed by atoms with E-state index in [0.717, 1.165) is 5.56 Å². The van der Waals surface area contributed by atoms with Crippen LogP contribution in [0.25, 0.3) is 0 Å². The zero-order chi connectivity index (χ0) is 15.8. The largest absolute Gasteiger partial charge is 0.468 e. The van der Waals surface area contributed by atoms with E-state index >= 15 is 0 Å². The summed E-state index contributed by atoms with van der Waals surface area (Å²) in [4.78, 5) is 14.0. The van der Waals surface area contributed by atoms with Crippen molar-refractivity contribution < 1.29 is 14.6 Å². The van der Waals surface area contributed by atoms with Crippen LogP contribution in [0.1, 0.15) is 24.9 Å². The van der Waals surface area contributed by atoms with E-state index in [0.29, 0.717) is 16.5 Å². The van der Waals surface area contributed by atoms with Gasteiger partial charge in [-0.15, -0.1) is 0 Å². The molecular weight excluding hydrogens is 313 g/mol. The molecule has 6 heteroatoms. The number of aliphatic hydroxyl groups is 1. The van der Waals surface area contributed by atoms with Crippen molar-refractivity contribution in [1.29, 1.82) is 0 Å². The highest BCUT2D eigenvalue weighted by molar-refractivity contribution is 6.35. The molecule has 0 aromatic heterocycles. The summed E-state index contributed by atoms with van der Waals surface area (Å²) in [5, 5.41) is 10.8. The molecule has 0 radical (unpaired) electrons. The van der Waals surface area contributed by atoms with Crippen LogP contribution in [0.3, 0.4) is 0 Å². The molecule has 0 amide bonds. The van der Waals surface area contributed by atoms with Crippen LogP contribution in [0.4, 0.5) is 0 Å². The van der Waals surface area contributed by atoms with E-state index in [9.17, 15) is 9.90 Å². The summed E-state index contributed by atoms with van der Waals surface area (Å²) < 4.78 is 4.92. The summed E-state index contributed by atoms with van der Waals surface area (Å²) in [5.74, 6) is -0.409. The Kier molecular flexibility index (Phi) is 4.83. The predicted octanol–water partition coefficient (Wildman–Crippen LogP) is 2.91. The maximum absolute atomic E-state index is 12.1. The number of hydrogen-bond donors (Lipinski definition) is 1. The molecule has 116 valence electrons. The van der Waals surface area contributed by atoms with Gasteiger partial charge < -0.3 is 9.84 Å². The lowest BCUT2D eigenvalue weighted by Crippen LogP contribution is -2.47. The Morgan fingerprint density at radius 1 is 1.52 bits per heavy atom. The SMILES string of the molecule is COC(=O)[C@@]1(C)C[C@H](CO)[C@@H](c2ccc(Cl)cc2Cl)N1C. The first-order valence-electron chi connectivity index (χ1n) is 6.72. The van der Waals surface area contributed by atoms with Crippen molar-refractivity contribution in [2.75, 3.05) is 20.8 Å². The van der Waals surface area contributed by atoms with E-state index in [1.54, 1.807) is 12.1 Å². The summed E-state index contributed by atoms with van der Waals surface area (Å²) in [6.45, 7) is 1.80. The lowest BCUT2D eigenvalue weighted by Gasteiger charge is -2.33. The number of halogens is 2. The molecule has 0 saturated carbocycles. The number of likely N-dealkylation sites (N-methyl/N-ethyl adjacent to an activating group) is 1. The lowest BCUT2D eigenvalue weighted by atomic mass is 9.91. The Morgan fingerprint density at radius 3 is 2.71 bits per heavy atom. The van der Waals surface area contributed by atoms with E-state index in [4.69, 9.17) is 27.9 Å². The van der Waals surface area contributed by atoms with Crippen LogP contribution < -0.4 is 0 Å². The number of carbonyl (C=O) groups excluding carboxylic acids is 1. The number of carbonyl (C=O) groups is 1. The fourth-order valence-electron chi connectivity index (χ4n) is 3.20. The minimum absolute atomic E-state index is 0.0272. The summed E-state index contributed by atoms with van der Waals surface area (Å²) in [6.07, 6.45) is 0.510. The van der Waals surface area contributed by atoms with E-state index < -0.39 is 5.54 Å². The number of ether oxygens (including phenoxy) is 1. The topological polar surface area (TPSA) is 49.8 Å². The zero-order valence-electron chi connectivity index (χ0n) is 12.3. The molecule has 0 spiro atoms. The van der Waals surface area contributed by atoms with Gasteiger partial charge in [0.1, 0.15) is 5.54 Å². The minimum Gasteiger partial charge on any atom is -0.468 e. The number of aliphatic hydroxyl groups excluding tert-OH is 1. The highest BCUT2D eigenvalue weighted by Crippen LogP contribution is 2.47. The third-order valence-corrected chi connectivity index (χ3v) is 5.01. The summed E-state index contributed by atoms with van der Waals surface area (Å²) >= 11 is 12.2. The average molecular weight is 332 g/mol. The van der Waals surface area contributed by atoms with Crippen molar-refractivity contribution in [3.8, 4) is 0 Å². The van der Waals surface area contributed by atoms with Crippen molar-refractivity contribution in [3.63, 3.8) is 0 Å². The van der Waals surface area contributed by atoms with E-state index in [-0.39, 0.29) is 24.5 Å². The molecular formula is C15H19Cl2NO3. The van der Waals surface area contributed by atoms with Crippen LogP contribution >= 0.6 is 23.2 Å². The Labute approximate surface area is 134 Å². The number of nitrogens with zero attached hydrogens (tertiary/aromatic N) is 1. The number of benzene rings is 1. The van der Waals surface area contributed by atoms with Crippen LogP contribution in [-0.2, 0) is 9.53 Å². The Bertz CT molecular complexity index is 552. The summed E-state index contributed by atoms with van der Waals surface area (Å²) in [5.41, 5.74) is 0.0747. The van der Waals surface area contributed by atoms with Gasteiger partial charge in [0, 0.05) is 28.6 Å². The van der Waals surface area contributed by atoms with Gasteiger partial charge >= 0.3 is 5.97 Å². The zero-order valence-corrected chi connectivity index (χ0v) is 13.8. The van der Waals surface area contributed by atoms with E-state index in [1.165, 1.54) is 7.11 Å². The van der Waals surface area contributed by atoms with Crippen LogP contribution in [0.5, 0.6) is 0 Å². The molecule has 1 saturated heterocycles. The van der Waals surface area contributed by atoms with Crippen molar-refractivity contribution in [3.05, 3.63) is 33.8 Å². The second-order valence-corrected chi connectivity index (χ2v) is 6.48. The molecule has 3 atom stereocenters. The normalized spacial score (nSPS) is 29.6. The highest BCUT2D eigenvalue weighted by atomic mass is 35.5. The standard InChI is InChI=1S/C15H19Cl2NO3/c1-15(14(20)21-3)7-9(8-19)13(18(15)2)11-5-4-10(16)6-12(11)17/h4-6,9,13,19H,7-8H2,1-3H3/t9-,13+,15-/m1/s1. The average Bonchev–Trinajstić information content (AvgIpc) is 2.71. The second kappa shape index (κ2) is 6.13. The number of rotatable bonds is 3. The molecule has 2 rings (SSSR count). The van der Waals surface area contributed by atoms with Gasteiger partial charge in [0.25, 0.3) is 0 Å². The summed E-state index contributed by atoms with van der Waals surface area (Å²) in [7, 11) is 3.22. The van der Waals surface area contributed by atoms with Gasteiger partial charge in [-0.1, -0.05) is 29.3 Å². The fourth-order valence-corrected chi connectivity index (χ4v) is 3.73. The van der Waals surface area contributed by atoms with E-state index in [2.05, 4.69) is 0 Å². The fraction of sp³-hybridized carbons (Fsp3) is 0.533. The molecule has 1 aliphatic rings. The molecule has 1 N–H and O–H groups in total. The van der Waals surface area contributed by atoms with E-state index in [1.807, 2.05) is 24.9 Å². The maximum Gasteiger partial charge on any atom is 0.326 e. The number of hydrogen-bond acceptors (Lipinski definition) is 4. The predicted molar refractivity (Wildman–Crippen MR) is 82.6 cm³/mol. The lowest BCUT2D eigenvalue weighted by molar-refractivity contribution is -0.152. The third kappa shape index (κ3) is 2.78. The number of methoxy groups -OCH3 is 1. The molecule has 0 unspecified atom stereocenters. The van der Waals surface area contributed by atoms with Gasteiger partial charge in [-0.25, -0.2) is 0 Å². The first-order chi connectivity index (χ1) is 9.85. The van der Waals surface area contributed by atoms with Crippen LogP contribution in [0.15, 0.2) is 18.2 Å². The molecule has 0 bridgehead atoms. The second-order valence-electron chi connectivity index (χ2n) is 5.63. The maximum atomic E-state index is 12.1. The van der Waals surface area contributed by atoms with Gasteiger partial charge in [-0.2, -0.15) is 0 Å². The van der Waals surface area contributed by atoms with Gasteiger partial charge in [0.05, 0.1) is 7.11 Å². The quantitative estimate of drug-likeness (QED) is 0.865. The highest BCUT2D eigenvalue weighted by Gasteiger charge is 2.52. The van der Waals surface area contributed by atoms with Crippen LogP contribution in [0.2, 0.25) is 10.0 Å². The van der Waals surface area contributed by atoms with Crippen molar-refractivity contribution in [2.24, 2.45) is 5.92 Å². The molecule has 1 fully saturated rings. The Balaban J connectivity index is 2.44. The first kappa shape index (κ1) is 16.6.